The van der Waals surface area contributed by atoms with Crippen molar-refractivity contribution in [2.45, 2.75) is 0 Å². The maximum absolute atomic E-state index is 14.1. The monoisotopic (exact) mass is 359 g/mol. The summed E-state index contributed by atoms with van der Waals surface area (Å²) in [5.41, 5.74) is 2.34. The Morgan fingerprint density at radius 3 is 2.00 bits per heavy atom. The van der Waals surface area contributed by atoms with E-state index in [-0.39, 0.29) is 5.75 Å². The van der Waals surface area contributed by atoms with Crippen molar-refractivity contribution in [3.63, 3.8) is 0 Å². The highest BCUT2D eigenvalue weighted by atomic mass is 19.1. The van der Waals surface area contributed by atoms with Gasteiger partial charge >= 0.3 is 0 Å². The van der Waals surface area contributed by atoms with Gasteiger partial charge in [-0.15, -0.1) is 5.10 Å². The molecule has 0 atom stereocenters. The Bertz CT molecular complexity index is 902. The normalized spacial score (nSPS) is 10.5. The molecule has 3 aromatic rings. The minimum absolute atomic E-state index is 0.163. The summed E-state index contributed by atoms with van der Waals surface area (Å²) in [5.74, 6) is 1.12. The number of hydrogen-bond donors (Lipinski definition) is 1. The highest BCUT2D eigenvalue weighted by Gasteiger charge is 2.19. The second kappa shape index (κ2) is 7.30. The van der Waals surface area contributed by atoms with Crippen LogP contribution in [0.15, 0.2) is 30.3 Å². The average Bonchev–Trinajstić information content (AvgIpc) is 3.16. The lowest BCUT2D eigenvalue weighted by molar-refractivity contribution is 0.324. The van der Waals surface area contributed by atoms with Crippen molar-refractivity contribution < 1.29 is 23.3 Å². The third-order valence-corrected chi connectivity index (χ3v) is 3.93. The largest absolute Gasteiger partial charge is 0.494 e. The molecule has 0 radical (unpaired) electrons. The Hall–Kier alpha value is -3.29. The SMILES string of the molecule is COc1ccc(-c2[nH]nnc2-c2cc(OC)c(OC)c(OC)c2)cc1F. The molecule has 26 heavy (non-hydrogen) atoms. The van der Waals surface area contributed by atoms with Gasteiger partial charge in [0.2, 0.25) is 5.75 Å². The molecule has 1 N–H and O–H groups in total. The van der Waals surface area contributed by atoms with Crippen molar-refractivity contribution in [3.8, 4) is 45.5 Å². The Morgan fingerprint density at radius 2 is 1.46 bits per heavy atom. The second-order valence-corrected chi connectivity index (χ2v) is 5.30. The minimum Gasteiger partial charge on any atom is -0.494 e. The van der Waals surface area contributed by atoms with Crippen molar-refractivity contribution in [2.24, 2.45) is 0 Å². The lowest BCUT2D eigenvalue weighted by atomic mass is 10.0. The third kappa shape index (κ3) is 3.01. The van der Waals surface area contributed by atoms with E-state index in [9.17, 15) is 4.39 Å². The van der Waals surface area contributed by atoms with Gasteiger partial charge in [0.15, 0.2) is 23.1 Å². The van der Waals surface area contributed by atoms with Gasteiger partial charge in [0.25, 0.3) is 0 Å². The highest BCUT2D eigenvalue weighted by molar-refractivity contribution is 5.80. The first-order chi connectivity index (χ1) is 12.6. The third-order valence-electron chi connectivity index (χ3n) is 3.93. The Kier molecular flexibility index (Phi) is 4.92. The maximum Gasteiger partial charge on any atom is 0.203 e. The van der Waals surface area contributed by atoms with Gasteiger partial charge in [-0.05, 0) is 30.3 Å². The number of nitrogens with one attached hydrogen (secondary N) is 1. The van der Waals surface area contributed by atoms with Crippen LogP contribution in [0, 0.1) is 5.82 Å². The summed E-state index contributed by atoms with van der Waals surface area (Å²) in [6, 6.07) is 8.13. The van der Waals surface area contributed by atoms with Crippen LogP contribution in [0.2, 0.25) is 0 Å². The molecular formula is C18H18FN3O4. The van der Waals surface area contributed by atoms with E-state index in [0.29, 0.717) is 39.8 Å². The molecule has 1 aromatic heterocycles. The molecule has 0 bridgehead atoms. The number of methoxy groups -OCH3 is 4. The van der Waals surface area contributed by atoms with Gasteiger partial charge in [-0.3, -0.25) is 5.10 Å². The summed E-state index contributed by atoms with van der Waals surface area (Å²) in [4.78, 5) is 0. The molecule has 1 heterocycles. The first-order valence-electron chi connectivity index (χ1n) is 7.68. The Labute approximate surface area is 149 Å². The fraction of sp³-hybridized carbons (Fsp3) is 0.222. The van der Waals surface area contributed by atoms with E-state index in [1.54, 1.807) is 24.3 Å². The van der Waals surface area contributed by atoms with E-state index >= 15 is 0 Å². The summed E-state index contributed by atoms with van der Waals surface area (Å²) in [7, 11) is 6.01. The molecule has 0 fully saturated rings. The van der Waals surface area contributed by atoms with Crippen LogP contribution in [0.4, 0.5) is 4.39 Å². The summed E-state index contributed by atoms with van der Waals surface area (Å²) in [6.07, 6.45) is 0. The van der Waals surface area contributed by atoms with E-state index in [4.69, 9.17) is 18.9 Å². The molecule has 0 unspecified atom stereocenters. The van der Waals surface area contributed by atoms with Crippen LogP contribution in [0.25, 0.3) is 22.5 Å². The van der Waals surface area contributed by atoms with Crippen LogP contribution < -0.4 is 18.9 Å². The Morgan fingerprint density at radius 1 is 0.808 bits per heavy atom. The predicted molar refractivity (Wildman–Crippen MR) is 93.4 cm³/mol. The number of H-pyrrole nitrogens is 1. The van der Waals surface area contributed by atoms with Gasteiger partial charge in [-0.2, -0.15) is 0 Å². The molecular weight excluding hydrogens is 341 g/mol. The molecule has 0 saturated heterocycles. The quantitative estimate of drug-likeness (QED) is 0.727. The van der Waals surface area contributed by atoms with Gasteiger partial charge in [-0.1, -0.05) is 5.21 Å². The molecule has 7 nitrogen and oxygen atoms in total. The van der Waals surface area contributed by atoms with Crippen LogP contribution in [0.5, 0.6) is 23.0 Å². The van der Waals surface area contributed by atoms with Gasteiger partial charge in [0, 0.05) is 11.1 Å². The van der Waals surface area contributed by atoms with Crippen LogP contribution >= 0.6 is 0 Å². The number of aromatic nitrogens is 3. The minimum atomic E-state index is -0.476. The van der Waals surface area contributed by atoms with E-state index in [1.165, 1.54) is 34.5 Å². The van der Waals surface area contributed by atoms with Crippen LogP contribution in [-0.2, 0) is 0 Å². The summed E-state index contributed by atoms with van der Waals surface area (Å²) in [5, 5.41) is 10.8. The van der Waals surface area contributed by atoms with E-state index in [1.807, 2.05) is 0 Å². The lowest BCUT2D eigenvalue weighted by Gasteiger charge is -2.14. The number of aromatic amines is 1. The molecule has 0 saturated carbocycles. The van der Waals surface area contributed by atoms with Crippen LogP contribution in [-0.4, -0.2) is 43.8 Å². The predicted octanol–water partition coefficient (Wildman–Crippen LogP) is 3.31. The van der Waals surface area contributed by atoms with Gasteiger partial charge in [-0.25, -0.2) is 4.39 Å². The number of nitrogens with zero attached hydrogens (tertiary/aromatic N) is 2. The molecule has 2 aromatic carbocycles. The van der Waals surface area contributed by atoms with Crippen LogP contribution in [0.1, 0.15) is 0 Å². The molecule has 0 aliphatic heterocycles. The second-order valence-electron chi connectivity index (χ2n) is 5.30. The van der Waals surface area contributed by atoms with Crippen LogP contribution in [0.3, 0.4) is 0 Å². The highest BCUT2D eigenvalue weighted by Crippen LogP contribution is 2.42. The maximum atomic E-state index is 14.1. The smallest absolute Gasteiger partial charge is 0.203 e. The van der Waals surface area contributed by atoms with Crippen molar-refractivity contribution in [1.82, 2.24) is 15.4 Å². The van der Waals surface area contributed by atoms with Gasteiger partial charge in [0.1, 0.15) is 5.69 Å². The molecule has 0 aliphatic rings. The van der Waals surface area contributed by atoms with Crippen molar-refractivity contribution in [3.05, 3.63) is 36.1 Å². The zero-order valence-electron chi connectivity index (χ0n) is 14.8. The number of halogens is 1. The Balaban J connectivity index is 2.13. The van der Waals surface area contributed by atoms with Crippen molar-refractivity contribution in [2.75, 3.05) is 28.4 Å². The lowest BCUT2D eigenvalue weighted by Crippen LogP contribution is -1.96. The van der Waals surface area contributed by atoms with E-state index < -0.39 is 5.82 Å². The summed E-state index contributed by atoms with van der Waals surface area (Å²) < 4.78 is 35.1. The molecule has 0 spiro atoms. The topological polar surface area (TPSA) is 78.5 Å². The first-order valence-corrected chi connectivity index (χ1v) is 7.68. The number of hydrogen-bond acceptors (Lipinski definition) is 6. The fourth-order valence-electron chi connectivity index (χ4n) is 2.67. The van der Waals surface area contributed by atoms with E-state index in [2.05, 4.69) is 15.4 Å². The number of ether oxygens (including phenoxy) is 4. The fourth-order valence-corrected chi connectivity index (χ4v) is 2.67. The number of benzene rings is 2. The molecule has 136 valence electrons. The molecule has 3 rings (SSSR count). The molecule has 8 heteroatoms. The number of rotatable bonds is 6. The molecule has 0 amide bonds. The van der Waals surface area contributed by atoms with Crippen molar-refractivity contribution in [1.29, 1.82) is 0 Å². The zero-order valence-corrected chi connectivity index (χ0v) is 14.8. The summed E-state index contributed by atoms with van der Waals surface area (Å²) in [6.45, 7) is 0. The standard InChI is InChI=1S/C18H18FN3O4/c1-23-13-6-5-10(7-12(13)19)16-17(21-22-20-16)11-8-14(24-2)18(26-4)15(9-11)25-3/h5-9H,1-4H3,(H,20,21,22). The first kappa shape index (κ1) is 17.5. The zero-order chi connectivity index (χ0) is 18.7. The van der Waals surface area contributed by atoms with Crippen molar-refractivity contribution >= 4 is 0 Å². The van der Waals surface area contributed by atoms with E-state index in [0.717, 1.165) is 0 Å². The van der Waals surface area contributed by atoms with Gasteiger partial charge < -0.3 is 18.9 Å². The molecule has 0 aliphatic carbocycles. The average molecular weight is 359 g/mol. The van der Waals surface area contributed by atoms with Gasteiger partial charge in [0.05, 0.1) is 34.1 Å². The summed E-state index contributed by atoms with van der Waals surface area (Å²) >= 11 is 0.